The molecule has 0 atom stereocenters. The molecule has 1 fully saturated rings. The molecule has 0 N–H and O–H groups in total. The lowest BCUT2D eigenvalue weighted by molar-refractivity contribution is 0.251. The summed E-state index contributed by atoms with van der Waals surface area (Å²) in [4.78, 5) is 15.2. The first-order valence-corrected chi connectivity index (χ1v) is 9.38. The molecular weight excluding hydrogens is 332 g/mol. The molecule has 0 amide bonds. The lowest BCUT2D eigenvalue weighted by Gasteiger charge is -2.34. The van der Waals surface area contributed by atoms with E-state index in [0.29, 0.717) is 0 Å². The molecule has 0 aliphatic carbocycles. The van der Waals surface area contributed by atoms with Gasteiger partial charge in [-0.2, -0.15) is 0 Å². The van der Waals surface area contributed by atoms with Crippen molar-refractivity contribution in [1.29, 1.82) is 0 Å². The smallest absolute Gasteiger partial charge is 0.196 e. The Balaban J connectivity index is 1.41. The number of aromatic nitrogens is 2. The van der Waals surface area contributed by atoms with E-state index in [4.69, 9.17) is 4.42 Å². The fourth-order valence-electron chi connectivity index (χ4n) is 3.48. The maximum Gasteiger partial charge on any atom is 0.196 e. The Kier molecular flexibility index (Phi) is 3.64. The summed E-state index contributed by atoms with van der Waals surface area (Å²) in [6.07, 6.45) is 1.65. The van der Waals surface area contributed by atoms with Gasteiger partial charge < -0.3 is 9.32 Å². The first kappa shape index (κ1) is 14.9. The highest BCUT2D eigenvalue weighted by Crippen LogP contribution is 2.32. The summed E-state index contributed by atoms with van der Waals surface area (Å²) < 4.78 is 6.07. The maximum atomic E-state index is 6.07. The molecule has 0 saturated carbocycles. The first-order chi connectivity index (χ1) is 12.4. The lowest BCUT2D eigenvalue weighted by atomic mass is 10.2. The average Bonchev–Trinajstić information content (AvgIpc) is 3.29. The minimum atomic E-state index is 0.801. The Bertz CT molecular complexity index is 1000. The van der Waals surface area contributed by atoms with Crippen LogP contribution in [0.15, 0.2) is 52.5 Å². The molecule has 0 bridgehead atoms. The molecule has 3 aromatic heterocycles. The summed E-state index contributed by atoms with van der Waals surface area (Å²) in [6, 6.07) is 12.4. The number of piperazine rings is 1. The zero-order valence-electron chi connectivity index (χ0n) is 13.8. The largest absolute Gasteiger partial charge is 0.450 e. The zero-order valence-corrected chi connectivity index (χ0v) is 14.6. The van der Waals surface area contributed by atoms with Gasteiger partial charge in [0, 0.05) is 43.0 Å². The molecule has 1 aliphatic heterocycles. The van der Waals surface area contributed by atoms with Crippen LogP contribution in [0.1, 0.15) is 4.88 Å². The monoisotopic (exact) mass is 350 g/mol. The Morgan fingerprint density at radius 3 is 2.72 bits per heavy atom. The van der Waals surface area contributed by atoms with Crippen LogP contribution in [0.4, 0.5) is 5.82 Å². The van der Waals surface area contributed by atoms with E-state index in [1.54, 1.807) is 6.33 Å². The van der Waals surface area contributed by atoms with Crippen LogP contribution in [0.25, 0.3) is 22.1 Å². The van der Waals surface area contributed by atoms with Crippen molar-refractivity contribution < 1.29 is 4.42 Å². The van der Waals surface area contributed by atoms with E-state index in [1.165, 1.54) is 4.88 Å². The molecule has 6 heteroatoms. The van der Waals surface area contributed by atoms with Crippen molar-refractivity contribution in [1.82, 2.24) is 14.9 Å². The number of benzene rings is 1. The molecule has 4 aromatic rings. The molecule has 5 rings (SSSR count). The van der Waals surface area contributed by atoms with Gasteiger partial charge in [0.1, 0.15) is 17.4 Å². The lowest BCUT2D eigenvalue weighted by Crippen LogP contribution is -2.46. The molecule has 126 valence electrons. The average molecular weight is 350 g/mol. The minimum Gasteiger partial charge on any atom is -0.450 e. The van der Waals surface area contributed by atoms with E-state index >= 15 is 0 Å². The summed E-state index contributed by atoms with van der Waals surface area (Å²) in [7, 11) is 0. The van der Waals surface area contributed by atoms with Crippen LogP contribution >= 0.6 is 11.3 Å². The number of anilines is 1. The van der Waals surface area contributed by atoms with E-state index < -0.39 is 0 Å². The third kappa shape index (κ3) is 2.67. The van der Waals surface area contributed by atoms with E-state index in [0.717, 1.165) is 60.6 Å². The molecule has 0 spiro atoms. The summed E-state index contributed by atoms with van der Waals surface area (Å²) in [6.45, 7) is 5.01. The second-order valence-electron chi connectivity index (χ2n) is 6.32. The Labute approximate surface area is 149 Å². The van der Waals surface area contributed by atoms with Crippen molar-refractivity contribution >= 4 is 39.2 Å². The molecule has 1 aromatic carbocycles. The van der Waals surface area contributed by atoms with Gasteiger partial charge in [-0.25, -0.2) is 9.97 Å². The third-order valence-electron chi connectivity index (χ3n) is 4.77. The zero-order chi connectivity index (χ0) is 16.6. The van der Waals surface area contributed by atoms with Crippen LogP contribution in [0.2, 0.25) is 0 Å². The van der Waals surface area contributed by atoms with Crippen LogP contribution in [0.5, 0.6) is 0 Å². The van der Waals surface area contributed by atoms with Gasteiger partial charge in [-0.1, -0.05) is 18.2 Å². The van der Waals surface area contributed by atoms with Gasteiger partial charge in [-0.3, -0.25) is 4.90 Å². The highest BCUT2D eigenvalue weighted by atomic mass is 32.1. The molecule has 0 unspecified atom stereocenters. The van der Waals surface area contributed by atoms with Crippen LogP contribution in [0, 0.1) is 0 Å². The third-order valence-corrected chi connectivity index (χ3v) is 5.63. The molecule has 25 heavy (non-hydrogen) atoms. The number of fused-ring (bicyclic) bond motifs is 3. The van der Waals surface area contributed by atoms with Crippen LogP contribution < -0.4 is 4.90 Å². The second-order valence-corrected chi connectivity index (χ2v) is 7.35. The van der Waals surface area contributed by atoms with Gasteiger partial charge in [0.05, 0.1) is 0 Å². The number of nitrogens with zero attached hydrogens (tertiary/aromatic N) is 4. The summed E-state index contributed by atoms with van der Waals surface area (Å²) in [5, 5.41) is 3.20. The van der Waals surface area contributed by atoms with Crippen LogP contribution in [-0.4, -0.2) is 41.0 Å². The van der Waals surface area contributed by atoms with Gasteiger partial charge in [-0.05, 0) is 23.6 Å². The van der Waals surface area contributed by atoms with Crippen LogP contribution in [-0.2, 0) is 6.54 Å². The second kappa shape index (κ2) is 6.13. The van der Waals surface area contributed by atoms with Gasteiger partial charge in [-0.15, -0.1) is 11.3 Å². The Morgan fingerprint density at radius 1 is 1.00 bits per heavy atom. The summed E-state index contributed by atoms with van der Waals surface area (Å²) >= 11 is 1.83. The normalized spacial score (nSPS) is 16.1. The Morgan fingerprint density at radius 2 is 1.88 bits per heavy atom. The van der Waals surface area contributed by atoms with Crippen molar-refractivity contribution in [3.05, 3.63) is 53.0 Å². The maximum absolute atomic E-state index is 6.07. The number of furan rings is 1. The molecule has 1 saturated heterocycles. The minimum absolute atomic E-state index is 0.801. The van der Waals surface area contributed by atoms with Gasteiger partial charge in [0.2, 0.25) is 0 Å². The van der Waals surface area contributed by atoms with Crippen molar-refractivity contribution in [3.63, 3.8) is 0 Å². The van der Waals surface area contributed by atoms with E-state index in [-0.39, 0.29) is 0 Å². The summed E-state index contributed by atoms with van der Waals surface area (Å²) in [5.74, 6) is 0.914. The molecule has 4 heterocycles. The molecule has 1 aliphatic rings. The van der Waals surface area contributed by atoms with Gasteiger partial charge >= 0.3 is 0 Å². The standard InChI is InChI=1S/C19H18N4OS/c1-2-6-16-15(5-1)17-18(24-16)19(21-13-20-17)23-9-7-22(8-10-23)12-14-4-3-11-25-14/h1-6,11,13H,7-10,12H2. The number of thiophene rings is 1. The fourth-order valence-corrected chi connectivity index (χ4v) is 4.22. The topological polar surface area (TPSA) is 45.4 Å². The van der Waals surface area contributed by atoms with Gasteiger partial charge in [0.25, 0.3) is 0 Å². The fraction of sp³-hybridized carbons (Fsp3) is 0.263. The molecular formula is C19H18N4OS. The van der Waals surface area contributed by atoms with E-state index in [1.807, 2.05) is 29.5 Å². The highest BCUT2D eigenvalue weighted by Gasteiger charge is 2.22. The number of hydrogen-bond acceptors (Lipinski definition) is 6. The van der Waals surface area contributed by atoms with E-state index in [9.17, 15) is 0 Å². The van der Waals surface area contributed by atoms with Gasteiger partial charge in [0.15, 0.2) is 11.4 Å². The molecule has 0 radical (unpaired) electrons. The predicted molar refractivity (Wildman–Crippen MR) is 101 cm³/mol. The predicted octanol–water partition coefficient (Wildman–Crippen LogP) is 3.76. The Hall–Kier alpha value is -2.44. The number of para-hydroxylation sites is 1. The summed E-state index contributed by atoms with van der Waals surface area (Å²) in [5.41, 5.74) is 2.58. The van der Waals surface area contributed by atoms with Crippen molar-refractivity contribution in [2.24, 2.45) is 0 Å². The number of rotatable bonds is 3. The van der Waals surface area contributed by atoms with Crippen LogP contribution in [0.3, 0.4) is 0 Å². The SMILES string of the molecule is c1csc(CN2CCN(c3ncnc4c3oc3ccccc34)CC2)c1. The van der Waals surface area contributed by atoms with E-state index in [2.05, 4.69) is 43.3 Å². The highest BCUT2D eigenvalue weighted by molar-refractivity contribution is 7.09. The quantitative estimate of drug-likeness (QED) is 0.563. The number of hydrogen-bond donors (Lipinski definition) is 0. The molecule has 5 nitrogen and oxygen atoms in total. The first-order valence-electron chi connectivity index (χ1n) is 8.50. The van der Waals surface area contributed by atoms with Crippen molar-refractivity contribution in [3.8, 4) is 0 Å². The van der Waals surface area contributed by atoms with Crippen molar-refractivity contribution in [2.75, 3.05) is 31.1 Å². The van der Waals surface area contributed by atoms with Crippen molar-refractivity contribution in [2.45, 2.75) is 6.54 Å².